The van der Waals surface area contributed by atoms with Crippen LogP contribution in [-0.2, 0) is 16.1 Å². The van der Waals surface area contributed by atoms with Gasteiger partial charge in [-0.25, -0.2) is 0 Å². The van der Waals surface area contributed by atoms with E-state index in [2.05, 4.69) is 5.32 Å². The normalized spacial score (nSPS) is 10.4. The van der Waals surface area contributed by atoms with Gasteiger partial charge in [0, 0.05) is 13.2 Å². The Labute approximate surface area is 128 Å². The summed E-state index contributed by atoms with van der Waals surface area (Å²) in [6.07, 6.45) is 2.30. The van der Waals surface area contributed by atoms with Crippen LogP contribution in [0.5, 0.6) is 11.5 Å². The molecule has 0 bridgehead atoms. The van der Waals surface area contributed by atoms with Gasteiger partial charge in [-0.3, -0.25) is 4.79 Å². The smallest absolute Gasteiger partial charge is 0.257 e. The molecule has 0 aliphatic heterocycles. The van der Waals surface area contributed by atoms with Gasteiger partial charge >= 0.3 is 0 Å². The second kappa shape index (κ2) is 8.74. The molecule has 1 aromatic heterocycles. The molecule has 0 saturated carbocycles. The molecule has 118 valence electrons. The number of carbonyl (C=O) groups is 1. The number of benzene rings is 1. The van der Waals surface area contributed by atoms with Gasteiger partial charge < -0.3 is 24.3 Å². The van der Waals surface area contributed by atoms with Crippen molar-refractivity contribution in [3.63, 3.8) is 0 Å². The van der Waals surface area contributed by atoms with E-state index in [0.29, 0.717) is 31.9 Å². The van der Waals surface area contributed by atoms with E-state index in [-0.39, 0.29) is 18.3 Å². The fourth-order valence-corrected chi connectivity index (χ4v) is 1.74. The lowest BCUT2D eigenvalue weighted by atomic mass is 10.3. The number of rotatable bonds is 9. The van der Waals surface area contributed by atoms with Crippen molar-refractivity contribution < 1.29 is 23.8 Å². The third-order valence-electron chi connectivity index (χ3n) is 2.84. The standard InChI is InChI=1S/C16H19NO5/c18-14-6-1-2-7-15(14)22-12-16(19)17-8-4-9-20-11-13-5-3-10-21-13/h1-3,5-7,10,18H,4,8-9,11-12H2,(H,17,19). The molecule has 0 spiro atoms. The van der Waals surface area contributed by atoms with Crippen molar-refractivity contribution in [1.82, 2.24) is 5.32 Å². The number of hydrogen-bond donors (Lipinski definition) is 2. The first kappa shape index (κ1) is 15.9. The van der Waals surface area contributed by atoms with Crippen LogP contribution in [0.4, 0.5) is 0 Å². The summed E-state index contributed by atoms with van der Waals surface area (Å²) in [5.74, 6) is 0.843. The SMILES string of the molecule is O=C(COc1ccccc1O)NCCCOCc1ccco1. The quantitative estimate of drug-likeness (QED) is 0.693. The lowest BCUT2D eigenvalue weighted by Gasteiger charge is -2.08. The number of ether oxygens (including phenoxy) is 2. The van der Waals surface area contributed by atoms with Crippen molar-refractivity contribution >= 4 is 5.91 Å². The Morgan fingerprint density at radius 1 is 1.23 bits per heavy atom. The van der Waals surface area contributed by atoms with E-state index in [1.165, 1.54) is 6.07 Å². The van der Waals surface area contributed by atoms with Gasteiger partial charge in [0.25, 0.3) is 5.91 Å². The molecule has 2 aromatic rings. The van der Waals surface area contributed by atoms with E-state index in [0.717, 1.165) is 5.76 Å². The molecule has 6 heteroatoms. The summed E-state index contributed by atoms with van der Waals surface area (Å²) in [5, 5.41) is 12.2. The highest BCUT2D eigenvalue weighted by atomic mass is 16.5. The molecule has 0 unspecified atom stereocenters. The third kappa shape index (κ3) is 5.49. The molecule has 6 nitrogen and oxygen atoms in total. The Bertz CT molecular complexity index is 568. The van der Waals surface area contributed by atoms with E-state index in [4.69, 9.17) is 13.9 Å². The highest BCUT2D eigenvalue weighted by molar-refractivity contribution is 5.77. The van der Waals surface area contributed by atoms with Crippen LogP contribution >= 0.6 is 0 Å². The van der Waals surface area contributed by atoms with E-state index in [1.54, 1.807) is 24.5 Å². The first-order valence-electron chi connectivity index (χ1n) is 7.03. The summed E-state index contributed by atoms with van der Waals surface area (Å²) in [5.41, 5.74) is 0. The van der Waals surface area contributed by atoms with Gasteiger partial charge in [-0.1, -0.05) is 12.1 Å². The van der Waals surface area contributed by atoms with Gasteiger partial charge in [-0.15, -0.1) is 0 Å². The topological polar surface area (TPSA) is 80.9 Å². The minimum Gasteiger partial charge on any atom is -0.504 e. The summed E-state index contributed by atoms with van der Waals surface area (Å²) < 4.78 is 15.7. The molecule has 0 atom stereocenters. The zero-order chi connectivity index (χ0) is 15.6. The summed E-state index contributed by atoms with van der Waals surface area (Å²) in [6, 6.07) is 10.2. The number of nitrogens with one attached hydrogen (secondary N) is 1. The largest absolute Gasteiger partial charge is 0.504 e. The first-order valence-corrected chi connectivity index (χ1v) is 7.03. The van der Waals surface area contributed by atoms with Gasteiger partial charge in [0.2, 0.25) is 0 Å². The van der Waals surface area contributed by atoms with Crippen LogP contribution in [0.3, 0.4) is 0 Å². The summed E-state index contributed by atoms with van der Waals surface area (Å²) in [4.78, 5) is 11.6. The molecule has 1 amide bonds. The molecular weight excluding hydrogens is 286 g/mol. The lowest BCUT2D eigenvalue weighted by Crippen LogP contribution is -2.30. The summed E-state index contributed by atoms with van der Waals surface area (Å²) in [7, 11) is 0. The monoisotopic (exact) mass is 305 g/mol. The average molecular weight is 305 g/mol. The number of aromatic hydroxyl groups is 1. The molecule has 0 aliphatic carbocycles. The molecule has 0 saturated heterocycles. The number of phenolic OH excluding ortho intramolecular Hbond substituents is 1. The Morgan fingerprint density at radius 3 is 2.86 bits per heavy atom. The Hall–Kier alpha value is -2.47. The molecule has 0 fully saturated rings. The Balaban J connectivity index is 1.52. The molecular formula is C16H19NO5. The van der Waals surface area contributed by atoms with Crippen LogP contribution in [0.1, 0.15) is 12.2 Å². The maximum atomic E-state index is 11.6. The van der Waals surface area contributed by atoms with Gasteiger partial charge in [0.05, 0.1) is 6.26 Å². The highest BCUT2D eigenvalue weighted by Gasteiger charge is 2.05. The molecule has 22 heavy (non-hydrogen) atoms. The number of carbonyl (C=O) groups excluding carboxylic acids is 1. The van der Waals surface area contributed by atoms with Crippen molar-refractivity contribution in [3.05, 3.63) is 48.4 Å². The number of para-hydroxylation sites is 2. The van der Waals surface area contributed by atoms with Crippen LogP contribution in [0.15, 0.2) is 47.1 Å². The fraction of sp³-hybridized carbons (Fsp3) is 0.312. The van der Waals surface area contributed by atoms with Crippen molar-refractivity contribution in [1.29, 1.82) is 0 Å². The maximum Gasteiger partial charge on any atom is 0.257 e. The predicted octanol–water partition coefficient (Wildman–Crippen LogP) is 2.09. The minimum atomic E-state index is -0.241. The van der Waals surface area contributed by atoms with Crippen molar-refractivity contribution in [3.8, 4) is 11.5 Å². The van der Waals surface area contributed by atoms with Crippen LogP contribution in [-0.4, -0.2) is 30.8 Å². The van der Waals surface area contributed by atoms with Crippen LogP contribution in [0.25, 0.3) is 0 Å². The molecule has 2 N–H and O–H groups in total. The van der Waals surface area contributed by atoms with Crippen LogP contribution in [0.2, 0.25) is 0 Å². The first-order chi connectivity index (χ1) is 10.8. The highest BCUT2D eigenvalue weighted by Crippen LogP contribution is 2.23. The average Bonchev–Trinajstić information content (AvgIpc) is 3.03. The van der Waals surface area contributed by atoms with Gasteiger partial charge in [0.15, 0.2) is 18.1 Å². The van der Waals surface area contributed by atoms with Gasteiger partial charge in [0.1, 0.15) is 12.4 Å². The Kier molecular flexibility index (Phi) is 6.32. The summed E-state index contributed by atoms with van der Waals surface area (Å²) >= 11 is 0. The second-order valence-electron chi connectivity index (χ2n) is 4.59. The molecule has 1 heterocycles. The van der Waals surface area contributed by atoms with Crippen molar-refractivity contribution in [2.45, 2.75) is 13.0 Å². The van der Waals surface area contributed by atoms with E-state index >= 15 is 0 Å². The molecule has 1 aromatic carbocycles. The molecule has 2 rings (SSSR count). The Morgan fingerprint density at radius 2 is 2.09 bits per heavy atom. The van der Waals surface area contributed by atoms with Crippen molar-refractivity contribution in [2.75, 3.05) is 19.8 Å². The van der Waals surface area contributed by atoms with Gasteiger partial charge in [-0.2, -0.15) is 0 Å². The molecule has 0 radical (unpaired) electrons. The minimum absolute atomic E-state index is 0.0154. The van der Waals surface area contributed by atoms with Crippen molar-refractivity contribution in [2.24, 2.45) is 0 Å². The second-order valence-corrected chi connectivity index (χ2v) is 4.59. The van der Waals surface area contributed by atoms with E-state index < -0.39 is 0 Å². The van der Waals surface area contributed by atoms with E-state index in [9.17, 15) is 9.90 Å². The molecule has 0 aliphatic rings. The number of furan rings is 1. The predicted molar refractivity (Wildman–Crippen MR) is 79.6 cm³/mol. The van der Waals surface area contributed by atoms with Crippen LogP contribution in [0, 0.1) is 0 Å². The maximum absolute atomic E-state index is 11.6. The number of phenols is 1. The fourth-order valence-electron chi connectivity index (χ4n) is 1.74. The lowest BCUT2D eigenvalue weighted by molar-refractivity contribution is -0.123. The van der Waals surface area contributed by atoms with Crippen LogP contribution < -0.4 is 10.1 Å². The number of hydrogen-bond acceptors (Lipinski definition) is 5. The van der Waals surface area contributed by atoms with Gasteiger partial charge in [-0.05, 0) is 30.7 Å². The third-order valence-corrected chi connectivity index (χ3v) is 2.84. The summed E-state index contributed by atoms with van der Waals surface area (Å²) in [6.45, 7) is 1.32. The zero-order valence-electron chi connectivity index (χ0n) is 12.2. The zero-order valence-corrected chi connectivity index (χ0v) is 12.2. The number of amides is 1. The van der Waals surface area contributed by atoms with E-state index in [1.807, 2.05) is 12.1 Å².